The van der Waals surface area contributed by atoms with Crippen LogP contribution in [0.25, 0.3) is 0 Å². The monoisotopic (exact) mass is 421 g/mol. The number of aliphatic hydroxyl groups excluding tert-OH is 1. The van der Waals surface area contributed by atoms with E-state index in [9.17, 15) is 14.7 Å². The summed E-state index contributed by atoms with van der Waals surface area (Å²) in [6, 6.07) is 14.3. The smallest absolute Gasteiger partial charge is 0.294 e. The number of carbonyl (C=O) groups is 2. The molecule has 0 bridgehead atoms. The Morgan fingerprint density at radius 1 is 1.13 bits per heavy atom. The van der Waals surface area contributed by atoms with Crippen molar-refractivity contribution in [3.05, 3.63) is 71.0 Å². The van der Waals surface area contributed by atoms with Crippen LogP contribution in [-0.2, 0) is 15.0 Å². The van der Waals surface area contributed by atoms with Crippen LogP contribution in [0, 0.1) is 5.92 Å². The van der Waals surface area contributed by atoms with E-state index in [-0.39, 0.29) is 29.1 Å². The Labute approximate surface area is 184 Å². The third-order valence-corrected chi connectivity index (χ3v) is 5.52. The highest BCUT2D eigenvalue weighted by molar-refractivity contribution is 6.16. The lowest BCUT2D eigenvalue weighted by molar-refractivity contribution is -0.118. The van der Waals surface area contributed by atoms with Crippen molar-refractivity contribution in [1.29, 1.82) is 0 Å². The van der Waals surface area contributed by atoms with Crippen LogP contribution in [0.4, 0.5) is 5.69 Å². The highest BCUT2D eigenvalue weighted by atomic mass is 16.5. The first-order valence-electron chi connectivity index (χ1n) is 10.6. The van der Waals surface area contributed by atoms with E-state index in [2.05, 4.69) is 20.8 Å². The zero-order valence-electron chi connectivity index (χ0n) is 19.1. The molecule has 1 aliphatic heterocycles. The highest BCUT2D eigenvalue weighted by Gasteiger charge is 2.44. The predicted octanol–water partition coefficient (Wildman–Crippen LogP) is 5.51. The van der Waals surface area contributed by atoms with Crippen LogP contribution in [0.5, 0.6) is 5.75 Å². The van der Waals surface area contributed by atoms with Gasteiger partial charge in [-0.15, -0.1) is 0 Å². The number of hydrogen-bond donors (Lipinski definition) is 1. The minimum atomic E-state index is -0.714. The molecule has 2 aromatic rings. The summed E-state index contributed by atoms with van der Waals surface area (Å²) in [4.78, 5) is 27.7. The third kappa shape index (κ3) is 4.50. The summed E-state index contributed by atoms with van der Waals surface area (Å²) in [5.41, 5.74) is 2.59. The van der Waals surface area contributed by atoms with Gasteiger partial charge in [-0.1, -0.05) is 58.9 Å². The molecule has 1 amide bonds. The summed E-state index contributed by atoms with van der Waals surface area (Å²) in [6.45, 7) is 10.3. The largest absolute Gasteiger partial charge is 0.503 e. The van der Waals surface area contributed by atoms with E-state index in [0.717, 1.165) is 5.56 Å². The quantitative estimate of drug-likeness (QED) is 0.668. The van der Waals surface area contributed by atoms with Crippen LogP contribution in [0.15, 0.2) is 59.9 Å². The molecule has 0 spiro atoms. The highest BCUT2D eigenvalue weighted by Crippen LogP contribution is 2.42. The zero-order chi connectivity index (χ0) is 22.9. The van der Waals surface area contributed by atoms with Gasteiger partial charge in [-0.05, 0) is 46.7 Å². The van der Waals surface area contributed by atoms with Gasteiger partial charge in [-0.25, -0.2) is 0 Å². The number of rotatable bonds is 6. The van der Waals surface area contributed by atoms with E-state index in [1.807, 2.05) is 56.3 Å². The van der Waals surface area contributed by atoms with E-state index in [0.29, 0.717) is 17.0 Å². The van der Waals surface area contributed by atoms with Crippen LogP contribution >= 0.6 is 0 Å². The van der Waals surface area contributed by atoms with Gasteiger partial charge in [0.2, 0.25) is 0 Å². The average Bonchev–Trinajstić information content (AvgIpc) is 2.98. The topological polar surface area (TPSA) is 66.8 Å². The van der Waals surface area contributed by atoms with Crippen molar-refractivity contribution in [3.63, 3.8) is 0 Å². The molecule has 0 radical (unpaired) electrons. The van der Waals surface area contributed by atoms with Crippen LogP contribution in [0.1, 0.15) is 58.2 Å². The minimum absolute atomic E-state index is 0.0292. The van der Waals surface area contributed by atoms with Crippen molar-refractivity contribution in [1.82, 2.24) is 0 Å². The molecule has 164 valence electrons. The average molecular weight is 422 g/mol. The molecule has 0 aromatic heterocycles. The molecule has 5 heteroatoms. The third-order valence-electron chi connectivity index (χ3n) is 5.52. The summed E-state index contributed by atoms with van der Waals surface area (Å²) in [6.07, 6.45) is 0.254. The van der Waals surface area contributed by atoms with Gasteiger partial charge in [0, 0.05) is 12.1 Å². The number of hydrogen-bond acceptors (Lipinski definition) is 4. The molecule has 1 heterocycles. The van der Waals surface area contributed by atoms with Gasteiger partial charge in [0.15, 0.2) is 11.5 Å². The van der Waals surface area contributed by atoms with E-state index >= 15 is 0 Å². The number of anilines is 1. The second-order valence-electron chi connectivity index (χ2n) is 9.43. The summed E-state index contributed by atoms with van der Waals surface area (Å²) in [5.74, 6) is -0.534. The fourth-order valence-corrected chi connectivity index (χ4v) is 3.89. The number of carbonyl (C=O) groups excluding carboxylic acids is 2. The molecule has 0 fully saturated rings. The van der Waals surface area contributed by atoms with Crippen LogP contribution in [-0.4, -0.2) is 23.9 Å². The molecule has 0 saturated heterocycles. The molecule has 2 aromatic carbocycles. The maximum atomic E-state index is 13.2. The van der Waals surface area contributed by atoms with E-state index < -0.39 is 17.7 Å². The van der Waals surface area contributed by atoms with Gasteiger partial charge in [-0.2, -0.15) is 0 Å². The zero-order valence-corrected chi connectivity index (χ0v) is 19.1. The van der Waals surface area contributed by atoms with Crippen LogP contribution < -0.4 is 9.64 Å². The Balaban J connectivity index is 2.13. The van der Waals surface area contributed by atoms with Crippen molar-refractivity contribution in [2.45, 2.75) is 52.5 Å². The molecule has 5 nitrogen and oxygen atoms in total. The number of amides is 1. The Hall–Kier alpha value is -3.08. The Morgan fingerprint density at radius 2 is 1.77 bits per heavy atom. The standard InChI is InChI=1S/C26H31NO4/c1-16(2)14-21(28)22-23(17-8-7-9-20(15-17)31-6)27(25(30)24(22)29)19-12-10-18(11-13-19)26(3,4)5/h7-13,15-16,23,29H,14H2,1-6H3. The maximum Gasteiger partial charge on any atom is 0.294 e. The molecule has 1 atom stereocenters. The van der Waals surface area contributed by atoms with Crippen molar-refractivity contribution >= 4 is 17.4 Å². The SMILES string of the molecule is COc1cccc(C2C(C(=O)CC(C)C)=C(O)C(=O)N2c2ccc(C(C)(C)C)cc2)c1. The van der Waals surface area contributed by atoms with Gasteiger partial charge in [0.25, 0.3) is 5.91 Å². The minimum Gasteiger partial charge on any atom is -0.503 e. The van der Waals surface area contributed by atoms with Crippen molar-refractivity contribution in [2.75, 3.05) is 12.0 Å². The predicted molar refractivity (Wildman–Crippen MR) is 122 cm³/mol. The number of nitrogens with zero attached hydrogens (tertiary/aromatic N) is 1. The molecule has 1 unspecified atom stereocenters. The molecule has 3 rings (SSSR count). The Kier molecular flexibility index (Phi) is 6.25. The van der Waals surface area contributed by atoms with Gasteiger partial charge in [0.1, 0.15) is 5.75 Å². The molecule has 1 N–H and O–H groups in total. The van der Waals surface area contributed by atoms with Crippen molar-refractivity contribution in [3.8, 4) is 5.75 Å². The summed E-state index contributed by atoms with van der Waals surface area (Å²) in [7, 11) is 1.57. The molecule has 0 saturated carbocycles. The number of methoxy groups -OCH3 is 1. The molecular weight excluding hydrogens is 390 g/mol. The number of benzene rings is 2. The maximum absolute atomic E-state index is 13.2. The molecule has 31 heavy (non-hydrogen) atoms. The molecule has 1 aliphatic rings. The van der Waals surface area contributed by atoms with Crippen molar-refractivity contribution in [2.24, 2.45) is 5.92 Å². The number of ketones is 1. The fourth-order valence-electron chi connectivity index (χ4n) is 3.89. The van der Waals surface area contributed by atoms with Crippen LogP contribution in [0.3, 0.4) is 0 Å². The normalized spacial score (nSPS) is 16.9. The van der Waals surface area contributed by atoms with Crippen LogP contribution in [0.2, 0.25) is 0 Å². The first-order chi connectivity index (χ1) is 14.5. The lowest BCUT2D eigenvalue weighted by Gasteiger charge is -2.28. The molecule has 0 aliphatic carbocycles. The fraction of sp³-hybridized carbons (Fsp3) is 0.385. The first-order valence-corrected chi connectivity index (χ1v) is 10.6. The molecular formula is C26H31NO4. The summed E-state index contributed by atoms with van der Waals surface area (Å²) >= 11 is 0. The van der Waals surface area contributed by atoms with E-state index in [4.69, 9.17) is 4.74 Å². The van der Waals surface area contributed by atoms with Gasteiger partial charge in [-0.3, -0.25) is 14.5 Å². The second kappa shape index (κ2) is 8.58. The lowest BCUT2D eigenvalue weighted by Crippen LogP contribution is -2.31. The summed E-state index contributed by atoms with van der Waals surface area (Å²) in [5, 5.41) is 10.8. The van der Waals surface area contributed by atoms with E-state index in [1.54, 1.807) is 13.2 Å². The van der Waals surface area contributed by atoms with Gasteiger partial charge < -0.3 is 9.84 Å². The summed E-state index contributed by atoms with van der Waals surface area (Å²) < 4.78 is 5.36. The van der Waals surface area contributed by atoms with E-state index in [1.165, 1.54) is 4.90 Å². The van der Waals surface area contributed by atoms with Crippen molar-refractivity contribution < 1.29 is 19.4 Å². The van der Waals surface area contributed by atoms with Gasteiger partial charge in [0.05, 0.1) is 18.7 Å². The lowest BCUT2D eigenvalue weighted by atomic mass is 9.87. The number of ether oxygens (including phenoxy) is 1. The number of aliphatic hydroxyl groups is 1. The van der Waals surface area contributed by atoms with Gasteiger partial charge >= 0.3 is 0 Å². The second-order valence-corrected chi connectivity index (χ2v) is 9.43. The Morgan fingerprint density at radius 3 is 2.32 bits per heavy atom. The Bertz CT molecular complexity index is 1010. The first kappa shape index (κ1) is 22.6. The number of Topliss-reactive ketones (excluding diaryl/α,β-unsaturated/α-hetero) is 1.